The van der Waals surface area contributed by atoms with Gasteiger partial charge in [-0.2, -0.15) is 10.4 Å². The van der Waals surface area contributed by atoms with E-state index in [1.54, 1.807) is 6.92 Å². The third kappa shape index (κ3) is 6.12. The van der Waals surface area contributed by atoms with Gasteiger partial charge in [0.25, 0.3) is 0 Å². The third-order valence-corrected chi connectivity index (χ3v) is 2.03. The highest BCUT2D eigenvalue weighted by molar-refractivity contribution is 5.68. The Kier molecular flexibility index (Phi) is 7.30. The van der Waals surface area contributed by atoms with Gasteiger partial charge in [-0.15, -0.1) is 0 Å². The predicted octanol–water partition coefficient (Wildman–Crippen LogP) is -2.55. The van der Waals surface area contributed by atoms with Gasteiger partial charge in [0.2, 0.25) is 0 Å². The fourth-order valence-corrected chi connectivity index (χ4v) is 0.532. The smallest absolute Gasteiger partial charge is 0.336 e. The zero-order chi connectivity index (χ0) is 13.3. The molecule has 102 valence electrons. The first kappa shape index (κ1) is 15.7. The fraction of sp³-hybridized carbons (Fsp3) is 0.875. The molecule has 6 N–H and O–H groups in total. The molecule has 0 aliphatic carbocycles. The number of carbonyl (C=O) groups excluding carboxylic acids is 1. The lowest BCUT2D eigenvalue weighted by Crippen LogP contribution is -2.37. The Bertz CT molecular complexity index is 262. The summed E-state index contributed by atoms with van der Waals surface area (Å²) in [5.74, 6) is -0.262. The van der Waals surface area contributed by atoms with Crippen LogP contribution in [0.2, 0.25) is 0 Å². The SMILES string of the molecule is CCC(=O)On1[nH][nH]1.OCC(CO)(CO)CO. The molecule has 0 aliphatic heterocycles. The maximum absolute atomic E-state index is 10.3. The molecule has 9 nitrogen and oxygen atoms in total. The molecule has 0 saturated carbocycles. The van der Waals surface area contributed by atoms with Crippen molar-refractivity contribution in [3.63, 3.8) is 0 Å². The summed E-state index contributed by atoms with van der Waals surface area (Å²) < 4.78 is 0. The Morgan fingerprint density at radius 3 is 1.71 bits per heavy atom. The van der Waals surface area contributed by atoms with E-state index in [0.717, 1.165) is 4.96 Å². The van der Waals surface area contributed by atoms with Crippen LogP contribution in [-0.4, -0.2) is 68.2 Å². The number of aliphatic hydroxyl groups excluding tert-OH is 4. The van der Waals surface area contributed by atoms with Crippen molar-refractivity contribution in [2.75, 3.05) is 26.4 Å². The van der Waals surface area contributed by atoms with Gasteiger partial charge in [-0.05, 0) is 4.96 Å². The van der Waals surface area contributed by atoms with Crippen LogP contribution in [-0.2, 0) is 4.79 Å². The van der Waals surface area contributed by atoms with E-state index in [1.165, 1.54) is 0 Å². The molecule has 0 fully saturated rings. The second kappa shape index (κ2) is 7.90. The van der Waals surface area contributed by atoms with Crippen molar-refractivity contribution in [1.29, 1.82) is 0 Å². The van der Waals surface area contributed by atoms with Gasteiger partial charge in [0.1, 0.15) is 0 Å². The van der Waals surface area contributed by atoms with E-state index in [2.05, 4.69) is 15.3 Å². The van der Waals surface area contributed by atoms with Crippen LogP contribution in [0, 0.1) is 5.41 Å². The summed E-state index contributed by atoms with van der Waals surface area (Å²) in [5, 5.41) is 38.9. The summed E-state index contributed by atoms with van der Waals surface area (Å²) in [6.45, 7) is 0.103. The van der Waals surface area contributed by atoms with Crippen molar-refractivity contribution in [2.24, 2.45) is 5.41 Å². The number of H-pyrrole nitrogens is 2. The van der Waals surface area contributed by atoms with E-state index in [-0.39, 0.29) is 5.97 Å². The third-order valence-electron chi connectivity index (χ3n) is 2.03. The number of hydrogen-bond acceptors (Lipinski definition) is 6. The topological polar surface area (TPSA) is 144 Å². The van der Waals surface area contributed by atoms with Crippen molar-refractivity contribution in [2.45, 2.75) is 13.3 Å². The van der Waals surface area contributed by atoms with Gasteiger partial charge in [0, 0.05) is 6.42 Å². The van der Waals surface area contributed by atoms with E-state index in [9.17, 15) is 4.79 Å². The molecule has 0 atom stereocenters. The lowest BCUT2D eigenvalue weighted by Gasteiger charge is -2.23. The molecule has 0 radical (unpaired) electrons. The van der Waals surface area contributed by atoms with Crippen LogP contribution >= 0.6 is 0 Å². The van der Waals surface area contributed by atoms with E-state index >= 15 is 0 Å². The van der Waals surface area contributed by atoms with Gasteiger partial charge in [-0.3, -0.25) is 0 Å². The average molecular weight is 253 g/mol. The Morgan fingerprint density at radius 2 is 1.53 bits per heavy atom. The molecule has 1 aromatic rings. The Labute approximate surface area is 97.5 Å². The molecule has 1 rings (SSSR count). The molecule has 1 heterocycles. The number of nitrogens with zero attached hydrogens (tertiary/aromatic N) is 1. The largest absolute Gasteiger partial charge is 0.396 e. The molecule has 17 heavy (non-hydrogen) atoms. The van der Waals surface area contributed by atoms with Crippen molar-refractivity contribution in [1.82, 2.24) is 15.4 Å². The van der Waals surface area contributed by atoms with E-state index in [1.807, 2.05) is 0 Å². The lowest BCUT2D eigenvalue weighted by molar-refractivity contribution is -0.144. The van der Waals surface area contributed by atoms with Gasteiger partial charge < -0.3 is 25.3 Å². The highest BCUT2D eigenvalue weighted by Gasteiger charge is 2.26. The van der Waals surface area contributed by atoms with Gasteiger partial charge >= 0.3 is 5.97 Å². The highest BCUT2D eigenvalue weighted by atomic mass is 16.7. The van der Waals surface area contributed by atoms with Crippen LogP contribution in [0.25, 0.3) is 0 Å². The molecule has 0 aromatic carbocycles. The van der Waals surface area contributed by atoms with Crippen molar-refractivity contribution < 1.29 is 30.1 Å². The van der Waals surface area contributed by atoms with Gasteiger partial charge in [-0.1, -0.05) is 6.92 Å². The monoisotopic (exact) mass is 253 g/mol. The predicted molar refractivity (Wildman–Crippen MR) is 55.8 cm³/mol. The minimum absolute atomic E-state index is 0.262. The summed E-state index contributed by atoms with van der Waals surface area (Å²) in [7, 11) is 0. The summed E-state index contributed by atoms with van der Waals surface area (Å²) in [6, 6.07) is 0. The van der Waals surface area contributed by atoms with Crippen molar-refractivity contribution in [3.8, 4) is 0 Å². The molecule has 9 heteroatoms. The molecular weight excluding hydrogens is 234 g/mol. The zero-order valence-electron chi connectivity index (χ0n) is 9.59. The Hall–Kier alpha value is -1.29. The van der Waals surface area contributed by atoms with Crippen molar-refractivity contribution in [3.05, 3.63) is 0 Å². The Balaban J connectivity index is 0.000000302. The van der Waals surface area contributed by atoms with Gasteiger partial charge in [0.05, 0.1) is 31.8 Å². The average Bonchev–Trinajstić information content (AvgIpc) is 3.17. The summed E-state index contributed by atoms with van der Waals surface area (Å²) in [5.41, 5.74) is -1.11. The second-order valence-corrected chi connectivity index (χ2v) is 3.47. The number of aromatic amines is 2. The molecule has 0 unspecified atom stereocenters. The first-order valence-corrected chi connectivity index (χ1v) is 5.03. The van der Waals surface area contributed by atoms with E-state index in [0.29, 0.717) is 6.42 Å². The van der Waals surface area contributed by atoms with Crippen LogP contribution in [0.3, 0.4) is 0 Å². The van der Waals surface area contributed by atoms with Gasteiger partial charge in [-0.25, -0.2) is 4.79 Å². The normalized spacial score (nSPS) is 10.9. The first-order chi connectivity index (χ1) is 8.07. The maximum atomic E-state index is 10.3. The summed E-state index contributed by atoms with van der Waals surface area (Å²) in [6.07, 6.45) is 0.389. The second-order valence-electron chi connectivity index (χ2n) is 3.47. The minimum Gasteiger partial charge on any atom is -0.396 e. The van der Waals surface area contributed by atoms with Crippen LogP contribution in [0.1, 0.15) is 13.3 Å². The van der Waals surface area contributed by atoms with Crippen LogP contribution in [0.4, 0.5) is 0 Å². The standard InChI is InChI=1S/C5H12O4.C3H7N3O2/c6-1-5(2-7,3-8)4-9;1-2-3(7)8-6-4-5-6/h6-9H,1-4H2;4-5H,2H2,1H3. The Morgan fingerprint density at radius 1 is 1.12 bits per heavy atom. The van der Waals surface area contributed by atoms with E-state index < -0.39 is 31.8 Å². The molecule has 0 saturated heterocycles. The van der Waals surface area contributed by atoms with Crippen LogP contribution in [0.5, 0.6) is 0 Å². The number of aliphatic hydroxyl groups is 4. The maximum Gasteiger partial charge on any atom is 0.336 e. The zero-order valence-corrected chi connectivity index (χ0v) is 9.59. The molecule has 1 aromatic heterocycles. The molecular formula is C8H19N3O6. The molecule has 0 amide bonds. The number of nitrogens with one attached hydrogen (secondary N) is 2. The summed E-state index contributed by atoms with van der Waals surface area (Å²) >= 11 is 0. The molecule has 0 bridgehead atoms. The highest BCUT2D eigenvalue weighted by Crippen LogP contribution is 2.11. The summed E-state index contributed by atoms with van der Waals surface area (Å²) in [4.78, 5) is 15.9. The number of aromatic nitrogens is 3. The lowest BCUT2D eigenvalue weighted by atomic mass is 9.93. The van der Waals surface area contributed by atoms with Gasteiger partial charge in [0.15, 0.2) is 0 Å². The fourth-order valence-electron chi connectivity index (χ4n) is 0.532. The van der Waals surface area contributed by atoms with Crippen LogP contribution < -0.4 is 4.84 Å². The number of rotatable bonds is 6. The number of carbonyl (C=O) groups is 1. The quantitative estimate of drug-likeness (QED) is 0.308. The first-order valence-electron chi connectivity index (χ1n) is 5.03. The number of hydrogen-bond donors (Lipinski definition) is 6. The molecule has 0 aliphatic rings. The molecule has 0 spiro atoms. The van der Waals surface area contributed by atoms with Crippen molar-refractivity contribution >= 4 is 5.97 Å². The minimum atomic E-state index is -1.11. The van der Waals surface area contributed by atoms with Crippen LogP contribution in [0.15, 0.2) is 0 Å². The van der Waals surface area contributed by atoms with E-state index in [4.69, 9.17) is 20.4 Å².